The summed E-state index contributed by atoms with van der Waals surface area (Å²) >= 11 is 1.34. The Balaban J connectivity index is 1.56. The summed E-state index contributed by atoms with van der Waals surface area (Å²) in [6.45, 7) is 10.4. The number of anilines is 1. The van der Waals surface area contributed by atoms with Crippen LogP contribution in [0.3, 0.4) is 0 Å². The largest absolute Gasteiger partial charge is 0.325 e. The lowest BCUT2D eigenvalue weighted by atomic mass is 9.98. The molecule has 0 aliphatic carbocycles. The highest BCUT2D eigenvalue weighted by Crippen LogP contribution is 2.31. The highest BCUT2D eigenvalue weighted by molar-refractivity contribution is 7.99. The molecule has 0 saturated carbocycles. The number of para-hydroxylation sites is 1. The minimum Gasteiger partial charge on any atom is -0.325 e. The molecular weight excluding hydrogens is 461 g/mol. The number of carbonyl (C=O) groups excluding carboxylic acids is 1. The highest BCUT2D eigenvalue weighted by atomic mass is 32.2. The number of aryl methyl sites for hydroxylation is 1. The van der Waals surface area contributed by atoms with Crippen molar-refractivity contribution in [3.8, 4) is 5.69 Å². The second kappa shape index (κ2) is 11.4. The number of benzene rings is 2. The van der Waals surface area contributed by atoms with Crippen LogP contribution in [-0.4, -0.2) is 44.4 Å². The number of amides is 1. The topological polar surface area (TPSA) is 63.1 Å². The summed E-state index contributed by atoms with van der Waals surface area (Å²) in [5.41, 5.74) is 3.84. The predicted octanol–water partition coefficient (Wildman–Crippen LogP) is 6.12. The van der Waals surface area contributed by atoms with E-state index in [2.05, 4.69) is 47.3 Å². The molecule has 0 spiro atoms. The Morgan fingerprint density at radius 2 is 1.77 bits per heavy atom. The molecule has 1 unspecified atom stereocenters. The highest BCUT2D eigenvalue weighted by Gasteiger charge is 2.26. The molecule has 2 heterocycles. The number of hydrogen-bond donors (Lipinski definition) is 1. The van der Waals surface area contributed by atoms with Crippen molar-refractivity contribution in [2.45, 2.75) is 64.1 Å². The number of piperidine rings is 1. The van der Waals surface area contributed by atoms with E-state index in [9.17, 15) is 9.18 Å². The first-order valence-corrected chi connectivity index (χ1v) is 13.3. The van der Waals surface area contributed by atoms with Crippen LogP contribution in [0.1, 0.15) is 68.9 Å². The van der Waals surface area contributed by atoms with Gasteiger partial charge in [0.2, 0.25) is 5.91 Å². The van der Waals surface area contributed by atoms with Crippen molar-refractivity contribution in [1.82, 2.24) is 19.7 Å². The summed E-state index contributed by atoms with van der Waals surface area (Å²) in [7, 11) is 0. The van der Waals surface area contributed by atoms with Gasteiger partial charge in [0.05, 0.1) is 11.8 Å². The van der Waals surface area contributed by atoms with Gasteiger partial charge in [0.25, 0.3) is 0 Å². The van der Waals surface area contributed by atoms with Gasteiger partial charge in [-0.3, -0.25) is 14.3 Å². The Hall–Kier alpha value is -2.71. The van der Waals surface area contributed by atoms with E-state index in [0.717, 1.165) is 41.4 Å². The molecule has 1 aliphatic rings. The van der Waals surface area contributed by atoms with Crippen LogP contribution >= 0.6 is 11.8 Å². The third-order valence-corrected chi connectivity index (χ3v) is 7.51. The second-order valence-electron chi connectivity index (χ2n) is 9.46. The van der Waals surface area contributed by atoms with Crippen molar-refractivity contribution in [1.29, 1.82) is 0 Å². The predicted molar refractivity (Wildman–Crippen MR) is 140 cm³/mol. The lowest BCUT2D eigenvalue weighted by Crippen LogP contribution is -2.33. The molecule has 3 aromatic rings. The van der Waals surface area contributed by atoms with Gasteiger partial charge in [-0.2, -0.15) is 0 Å². The number of carbonyl (C=O) groups is 1. The first-order valence-electron chi connectivity index (χ1n) is 12.3. The quantitative estimate of drug-likeness (QED) is 0.382. The van der Waals surface area contributed by atoms with Gasteiger partial charge in [-0.15, -0.1) is 10.2 Å². The van der Waals surface area contributed by atoms with Crippen molar-refractivity contribution in [2.75, 3.05) is 24.2 Å². The van der Waals surface area contributed by atoms with Crippen LogP contribution in [0.25, 0.3) is 5.69 Å². The maximum atomic E-state index is 13.7. The third-order valence-electron chi connectivity index (χ3n) is 6.58. The summed E-state index contributed by atoms with van der Waals surface area (Å²) in [5.74, 6) is 0.926. The second-order valence-corrected chi connectivity index (χ2v) is 10.4. The van der Waals surface area contributed by atoms with Crippen molar-refractivity contribution in [3.05, 3.63) is 65.2 Å². The number of nitrogens with zero attached hydrogens (tertiary/aromatic N) is 4. The zero-order valence-corrected chi connectivity index (χ0v) is 21.7. The molecule has 0 bridgehead atoms. The average Bonchev–Trinajstić information content (AvgIpc) is 3.28. The molecule has 1 aliphatic heterocycles. The van der Waals surface area contributed by atoms with Gasteiger partial charge in [0.15, 0.2) is 11.0 Å². The van der Waals surface area contributed by atoms with Crippen LogP contribution in [0, 0.1) is 12.7 Å². The fourth-order valence-electron chi connectivity index (χ4n) is 4.60. The minimum absolute atomic E-state index is 0.0663. The molecule has 1 fully saturated rings. The van der Waals surface area contributed by atoms with Crippen LogP contribution < -0.4 is 5.32 Å². The van der Waals surface area contributed by atoms with Crippen molar-refractivity contribution >= 4 is 23.4 Å². The first kappa shape index (κ1) is 25.4. The van der Waals surface area contributed by atoms with Gasteiger partial charge < -0.3 is 5.32 Å². The third kappa shape index (κ3) is 5.93. The number of rotatable bonds is 8. The van der Waals surface area contributed by atoms with Crippen LogP contribution in [0.15, 0.2) is 47.6 Å². The Morgan fingerprint density at radius 1 is 1.06 bits per heavy atom. The van der Waals surface area contributed by atoms with E-state index in [-0.39, 0.29) is 23.5 Å². The summed E-state index contributed by atoms with van der Waals surface area (Å²) in [5, 5.41) is 12.7. The Bertz CT molecular complexity index is 1150. The van der Waals surface area contributed by atoms with E-state index in [1.165, 1.54) is 43.2 Å². The fourth-order valence-corrected chi connectivity index (χ4v) is 5.35. The average molecular weight is 496 g/mol. The zero-order chi connectivity index (χ0) is 24.9. The molecule has 1 amide bonds. The molecule has 0 radical (unpaired) electrons. The van der Waals surface area contributed by atoms with Crippen molar-refractivity contribution in [2.24, 2.45) is 0 Å². The Kier molecular flexibility index (Phi) is 8.23. The van der Waals surface area contributed by atoms with Crippen LogP contribution in [0.4, 0.5) is 10.1 Å². The van der Waals surface area contributed by atoms with Gasteiger partial charge in [-0.25, -0.2) is 4.39 Å². The number of thioether (sulfide) groups is 1. The summed E-state index contributed by atoms with van der Waals surface area (Å²) in [6.07, 6.45) is 3.60. The summed E-state index contributed by atoms with van der Waals surface area (Å²) < 4.78 is 15.6. The molecule has 35 heavy (non-hydrogen) atoms. The number of hydrogen-bond acceptors (Lipinski definition) is 5. The maximum absolute atomic E-state index is 13.7. The van der Waals surface area contributed by atoms with Gasteiger partial charge in [0, 0.05) is 11.4 Å². The number of likely N-dealkylation sites (tertiary alicyclic amines) is 1. The van der Waals surface area contributed by atoms with E-state index in [1.54, 1.807) is 12.1 Å². The van der Waals surface area contributed by atoms with E-state index in [4.69, 9.17) is 0 Å². The summed E-state index contributed by atoms with van der Waals surface area (Å²) in [6, 6.07) is 12.5. The van der Waals surface area contributed by atoms with Crippen LogP contribution in [0.5, 0.6) is 0 Å². The molecule has 1 saturated heterocycles. The lowest BCUT2D eigenvalue weighted by Gasteiger charge is -2.31. The van der Waals surface area contributed by atoms with E-state index in [0.29, 0.717) is 11.1 Å². The molecule has 1 atom stereocenters. The number of aromatic nitrogens is 3. The molecule has 6 nitrogen and oxygen atoms in total. The number of nitrogens with one attached hydrogen (secondary N) is 1. The molecule has 4 rings (SSSR count). The Labute approximate surface area is 211 Å². The summed E-state index contributed by atoms with van der Waals surface area (Å²) in [4.78, 5) is 15.4. The smallest absolute Gasteiger partial charge is 0.234 e. The van der Waals surface area contributed by atoms with E-state index < -0.39 is 0 Å². The molecule has 1 N–H and O–H groups in total. The van der Waals surface area contributed by atoms with Gasteiger partial charge in [0.1, 0.15) is 5.82 Å². The van der Waals surface area contributed by atoms with Crippen molar-refractivity contribution < 1.29 is 9.18 Å². The fraction of sp³-hybridized carbons (Fsp3) is 0.444. The molecule has 186 valence electrons. The van der Waals surface area contributed by atoms with Gasteiger partial charge in [-0.05, 0) is 81.1 Å². The molecule has 2 aromatic carbocycles. The molecule has 8 heteroatoms. The van der Waals surface area contributed by atoms with E-state index in [1.807, 2.05) is 23.6 Å². The van der Waals surface area contributed by atoms with Gasteiger partial charge >= 0.3 is 0 Å². The maximum Gasteiger partial charge on any atom is 0.234 e. The molecular formula is C27H34FN5OS. The normalized spacial score (nSPS) is 15.4. The van der Waals surface area contributed by atoms with Crippen LogP contribution in [-0.2, 0) is 4.79 Å². The Morgan fingerprint density at radius 3 is 2.46 bits per heavy atom. The lowest BCUT2D eigenvalue weighted by molar-refractivity contribution is -0.113. The van der Waals surface area contributed by atoms with E-state index >= 15 is 0 Å². The minimum atomic E-state index is -0.291. The zero-order valence-electron chi connectivity index (χ0n) is 20.9. The SMILES string of the molecule is Cc1cccc(C(C)C)c1NC(=O)CSc1nnc(C(C)N2CCCCC2)n1-c1ccc(F)cc1. The molecule has 1 aromatic heterocycles. The monoisotopic (exact) mass is 495 g/mol. The van der Waals surface area contributed by atoms with Gasteiger partial charge in [-0.1, -0.05) is 50.2 Å². The van der Waals surface area contributed by atoms with Crippen LogP contribution in [0.2, 0.25) is 0 Å². The number of halogens is 1. The standard InChI is InChI=1S/C27H34FN5OS/c1-18(2)23-10-8-9-19(3)25(23)29-24(34)17-35-27-31-30-26(20(4)32-15-6-5-7-16-32)33(27)22-13-11-21(28)12-14-22/h8-14,18,20H,5-7,15-17H2,1-4H3,(H,29,34). The van der Waals surface area contributed by atoms with Crippen molar-refractivity contribution in [3.63, 3.8) is 0 Å². The first-order chi connectivity index (χ1) is 16.8.